The number of thiophene rings is 1. The van der Waals surface area contributed by atoms with Gasteiger partial charge in [0, 0.05) is 11.4 Å². The summed E-state index contributed by atoms with van der Waals surface area (Å²) in [5.74, 6) is 1.12. The van der Waals surface area contributed by atoms with Crippen LogP contribution in [0.15, 0.2) is 17.5 Å². The van der Waals surface area contributed by atoms with Gasteiger partial charge >= 0.3 is 0 Å². The van der Waals surface area contributed by atoms with Crippen LogP contribution in [0, 0.1) is 0 Å². The smallest absolute Gasteiger partial charge is 0.141 e. The van der Waals surface area contributed by atoms with Crippen molar-refractivity contribution in [3.63, 3.8) is 0 Å². The van der Waals surface area contributed by atoms with Gasteiger partial charge in [-0.15, -0.1) is 22.7 Å². The highest BCUT2D eigenvalue weighted by molar-refractivity contribution is 7.21. The van der Waals surface area contributed by atoms with Crippen molar-refractivity contribution < 1.29 is 0 Å². The van der Waals surface area contributed by atoms with Crippen LogP contribution in [0.4, 0.5) is 5.82 Å². The Balaban J connectivity index is 2.04. The third-order valence-electron chi connectivity index (χ3n) is 2.30. The number of aryl methyl sites for hydroxylation is 1. The van der Waals surface area contributed by atoms with Gasteiger partial charge in [0.2, 0.25) is 0 Å². The molecule has 2 aromatic rings. The molecule has 1 N–H and O–H groups in total. The third-order valence-corrected chi connectivity index (χ3v) is 4.46. The van der Waals surface area contributed by atoms with Crippen LogP contribution in [0.5, 0.6) is 0 Å². The monoisotopic (exact) mass is 222 g/mol. The summed E-state index contributed by atoms with van der Waals surface area (Å²) >= 11 is 3.59. The Kier molecular flexibility index (Phi) is 2.03. The van der Waals surface area contributed by atoms with E-state index >= 15 is 0 Å². The molecular formula is C10H10N2S2. The molecule has 4 heteroatoms. The summed E-state index contributed by atoms with van der Waals surface area (Å²) in [7, 11) is 0. The Morgan fingerprint density at radius 3 is 3.21 bits per heavy atom. The largest absolute Gasteiger partial charge is 0.369 e. The molecule has 0 aromatic carbocycles. The fraction of sp³-hybridized carbons (Fsp3) is 0.300. The lowest BCUT2D eigenvalue weighted by molar-refractivity contribution is 0.837. The van der Waals surface area contributed by atoms with E-state index in [4.69, 9.17) is 0 Å². The number of anilines is 1. The van der Waals surface area contributed by atoms with Gasteiger partial charge in [0.25, 0.3) is 0 Å². The molecule has 3 rings (SSSR count). The highest BCUT2D eigenvalue weighted by Gasteiger charge is 2.15. The number of aromatic nitrogens is 1. The quantitative estimate of drug-likeness (QED) is 0.801. The number of nitrogens with one attached hydrogen (secondary N) is 1. The minimum atomic E-state index is 1.07. The number of rotatable bonds is 1. The topological polar surface area (TPSA) is 24.9 Å². The zero-order chi connectivity index (χ0) is 9.38. The fourth-order valence-electron chi connectivity index (χ4n) is 1.62. The van der Waals surface area contributed by atoms with Gasteiger partial charge in [-0.2, -0.15) is 0 Å². The summed E-state index contributed by atoms with van der Waals surface area (Å²) in [5.41, 5.74) is 0. The highest BCUT2D eigenvalue weighted by atomic mass is 32.1. The van der Waals surface area contributed by atoms with E-state index < -0.39 is 0 Å². The molecule has 0 spiro atoms. The van der Waals surface area contributed by atoms with Crippen molar-refractivity contribution in [3.8, 4) is 9.88 Å². The molecule has 1 aliphatic heterocycles. The lowest BCUT2D eigenvalue weighted by Gasteiger charge is -2.10. The molecule has 2 nitrogen and oxygen atoms in total. The van der Waals surface area contributed by atoms with Crippen molar-refractivity contribution in [1.29, 1.82) is 0 Å². The predicted molar refractivity (Wildman–Crippen MR) is 62.2 cm³/mol. The molecule has 72 valence electrons. The minimum Gasteiger partial charge on any atom is -0.369 e. The van der Waals surface area contributed by atoms with Gasteiger partial charge < -0.3 is 5.32 Å². The fourth-order valence-corrected chi connectivity index (χ4v) is 3.50. The average molecular weight is 222 g/mol. The first-order chi connectivity index (χ1) is 6.93. The summed E-state index contributed by atoms with van der Waals surface area (Å²) in [5, 5.41) is 6.62. The summed E-state index contributed by atoms with van der Waals surface area (Å²) < 4.78 is 0. The lowest BCUT2D eigenvalue weighted by atomic mass is 10.2. The maximum Gasteiger partial charge on any atom is 0.141 e. The summed E-state index contributed by atoms with van der Waals surface area (Å²) in [4.78, 5) is 7.31. The molecule has 0 radical (unpaired) electrons. The molecule has 0 amide bonds. The molecule has 14 heavy (non-hydrogen) atoms. The Morgan fingerprint density at radius 2 is 2.43 bits per heavy atom. The summed E-state index contributed by atoms with van der Waals surface area (Å²) in [6.07, 6.45) is 2.42. The van der Waals surface area contributed by atoms with Crippen LogP contribution in [-0.2, 0) is 6.42 Å². The van der Waals surface area contributed by atoms with Crippen molar-refractivity contribution in [2.45, 2.75) is 12.8 Å². The summed E-state index contributed by atoms with van der Waals surface area (Å²) in [6.45, 7) is 1.07. The zero-order valence-electron chi connectivity index (χ0n) is 7.62. The average Bonchev–Trinajstić information content (AvgIpc) is 2.86. The normalized spacial score (nSPS) is 14.9. The second kappa shape index (κ2) is 3.37. The van der Waals surface area contributed by atoms with E-state index in [9.17, 15) is 0 Å². The molecule has 2 aromatic heterocycles. The van der Waals surface area contributed by atoms with Gasteiger partial charge in [-0.1, -0.05) is 6.07 Å². The molecule has 0 aliphatic carbocycles. The third kappa shape index (κ3) is 1.35. The second-order valence-electron chi connectivity index (χ2n) is 3.30. The number of nitrogens with zero attached hydrogens (tertiary/aromatic N) is 1. The van der Waals surface area contributed by atoms with Crippen LogP contribution >= 0.6 is 22.7 Å². The number of hydrogen-bond donors (Lipinski definition) is 1. The summed E-state index contributed by atoms with van der Waals surface area (Å²) in [6, 6.07) is 4.21. The van der Waals surface area contributed by atoms with Crippen molar-refractivity contribution in [2.24, 2.45) is 0 Å². The van der Waals surface area contributed by atoms with E-state index in [0.717, 1.165) is 12.4 Å². The Morgan fingerprint density at radius 1 is 1.43 bits per heavy atom. The van der Waals surface area contributed by atoms with Gasteiger partial charge in [0.1, 0.15) is 10.8 Å². The molecule has 0 fully saturated rings. The zero-order valence-corrected chi connectivity index (χ0v) is 9.25. The number of fused-ring (bicyclic) bond motifs is 1. The molecule has 0 bridgehead atoms. The molecule has 0 unspecified atom stereocenters. The molecule has 0 atom stereocenters. The lowest BCUT2D eigenvalue weighted by Crippen LogP contribution is -2.09. The van der Waals surface area contributed by atoms with E-state index in [1.807, 2.05) is 11.3 Å². The van der Waals surface area contributed by atoms with Crippen molar-refractivity contribution in [1.82, 2.24) is 4.98 Å². The Bertz CT molecular complexity index is 407. The maximum atomic E-state index is 4.61. The van der Waals surface area contributed by atoms with Gasteiger partial charge in [-0.3, -0.25) is 0 Å². The molecule has 1 aliphatic rings. The number of thiazole rings is 1. The second-order valence-corrected chi connectivity index (χ2v) is 5.33. The van der Waals surface area contributed by atoms with Crippen LogP contribution < -0.4 is 5.32 Å². The van der Waals surface area contributed by atoms with Crippen molar-refractivity contribution >= 4 is 28.5 Å². The first kappa shape index (κ1) is 8.44. The predicted octanol–water partition coefficient (Wildman–Crippen LogP) is 3.23. The van der Waals surface area contributed by atoms with Crippen molar-refractivity contribution in [3.05, 3.63) is 22.4 Å². The van der Waals surface area contributed by atoms with E-state index in [1.54, 1.807) is 11.3 Å². The van der Waals surface area contributed by atoms with Gasteiger partial charge in [0.05, 0.1) is 4.88 Å². The molecular weight excluding hydrogens is 212 g/mol. The molecule has 0 saturated heterocycles. The number of hydrogen-bond acceptors (Lipinski definition) is 4. The van der Waals surface area contributed by atoms with Crippen LogP contribution in [-0.4, -0.2) is 11.5 Å². The van der Waals surface area contributed by atoms with Gasteiger partial charge in [0.15, 0.2) is 0 Å². The first-order valence-corrected chi connectivity index (χ1v) is 6.40. The van der Waals surface area contributed by atoms with E-state index in [2.05, 4.69) is 27.8 Å². The minimum absolute atomic E-state index is 1.07. The van der Waals surface area contributed by atoms with E-state index in [1.165, 1.54) is 27.6 Å². The first-order valence-electron chi connectivity index (χ1n) is 4.71. The molecule has 0 saturated carbocycles. The standard InChI is InChI=1S/C10H10N2S2/c1-3-7-9(11-5-1)12-10(14-7)8-4-2-6-13-8/h2,4,6,11H,1,3,5H2. The van der Waals surface area contributed by atoms with Crippen molar-refractivity contribution in [2.75, 3.05) is 11.9 Å². The van der Waals surface area contributed by atoms with Crippen LogP contribution in [0.3, 0.4) is 0 Å². The van der Waals surface area contributed by atoms with E-state index in [0.29, 0.717) is 0 Å². The maximum absolute atomic E-state index is 4.61. The van der Waals surface area contributed by atoms with Gasteiger partial charge in [-0.05, 0) is 24.3 Å². The van der Waals surface area contributed by atoms with Crippen LogP contribution in [0.25, 0.3) is 9.88 Å². The Labute approximate surface area is 90.6 Å². The van der Waals surface area contributed by atoms with Crippen LogP contribution in [0.1, 0.15) is 11.3 Å². The Hall–Kier alpha value is -0.870. The highest BCUT2D eigenvalue weighted by Crippen LogP contribution is 2.35. The SMILES string of the molecule is c1csc(-c2nc3c(s2)CCCN3)c1. The molecule has 3 heterocycles. The van der Waals surface area contributed by atoms with E-state index in [-0.39, 0.29) is 0 Å². The van der Waals surface area contributed by atoms with Gasteiger partial charge in [-0.25, -0.2) is 4.98 Å². The van der Waals surface area contributed by atoms with Crippen LogP contribution in [0.2, 0.25) is 0 Å².